The standard InChI is InChI=1S/C4H8.C3H6.C2H6.C2H4/c1-3-4-2;1-3-2;2*1-2/h3-4H,1-2H3;3H,1H2,2H3;1-2H3;1-2H2/b4-3-;;;. The zero-order valence-electron chi connectivity index (χ0n) is 8.85. The van der Waals surface area contributed by atoms with Crippen molar-refractivity contribution in [1.82, 2.24) is 0 Å². The molecule has 11 heavy (non-hydrogen) atoms. The SMILES string of the molecule is C/C=C\C.C=C.C=CC.CC. The van der Waals surface area contributed by atoms with Gasteiger partial charge in [0, 0.05) is 0 Å². The van der Waals surface area contributed by atoms with E-state index in [2.05, 4.69) is 19.7 Å². The Morgan fingerprint density at radius 1 is 0.818 bits per heavy atom. The number of allylic oxidation sites excluding steroid dienone is 3. The second-order valence-corrected chi connectivity index (χ2v) is 1.07. The van der Waals surface area contributed by atoms with Crippen LogP contribution >= 0.6 is 0 Å². The third-order valence-corrected chi connectivity index (χ3v) is 0.333. The molecule has 0 fully saturated rings. The second-order valence-electron chi connectivity index (χ2n) is 1.07. The van der Waals surface area contributed by atoms with Crippen molar-refractivity contribution in [3.8, 4) is 0 Å². The molecule has 0 aliphatic carbocycles. The van der Waals surface area contributed by atoms with Crippen molar-refractivity contribution in [1.29, 1.82) is 0 Å². The molecular weight excluding hydrogens is 132 g/mol. The minimum Gasteiger partial charge on any atom is -0.106 e. The molecule has 0 rings (SSSR count). The molecule has 0 aromatic carbocycles. The zero-order valence-corrected chi connectivity index (χ0v) is 8.85. The first-order chi connectivity index (χ1) is 5.33. The Kier molecular flexibility index (Phi) is 258. The summed E-state index contributed by atoms with van der Waals surface area (Å²) < 4.78 is 0. The van der Waals surface area contributed by atoms with Crippen LogP contribution in [0.1, 0.15) is 34.6 Å². The average molecular weight is 156 g/mol. The van der Waals surface area contributed by atoms with E-state index >= 15 is 0 Å². The van der Waals surface area contributed by atoms with Gasteiger partial charge in [0.15, 0.2) is 0 Å². The summed E-state index contributed by atoms with van der Waals surface area (Å²) in [4.78, 5) is 0. The molecule has 0 spiro atoms. The molecule has 0 aliphatic rings. The maximum Gasteiger partial charge on any atom is -0.0470 e. The van der Waals surface area contributed by atoms with Gasteiger partial charge in [-0.1, -0.05) is 32.1 Å². The lowest BCUT2D eigenvalue weighted by molar-refractivity contribution is 1.50. The molecule has 0 aromatic rings. The van der Waals surface area contributed by atoms with E-state index in [1.54, 1.807) is 6.08 Å². The van der Waals surface area contributed by atoms with E-state index in [0.717, 1.165) is 0 Å². The van der Waals surface area contributed by atoms with E-state index in [0.29, 0.717) is 0 Å². The molecule has 68 valence electrons. The van der Waals surface area contributed by atoms with Crippen molar-refractivity contribution in [3.63, 3.8) is 0 Å². The Morgan fingerprint density at radius 2 is 0.909 bits per heavy atom. The van der Waals surface area contributed by atoms with E-state index in [1.807, 2.05) is 46.8 Å². The Labute approximate surface area is 73.3 Å². The predicted octanol–water partition coefficient (Wildman–Crippen LogP) is 4.60. The maximum atomic E-state index is 3.36. The predicted molar refractivity (Wildman–Crippen MR) is 59.0 cm³/mol. The van der Waals surface area contributed by atoms with Crippen LogP contribution in [0, 0.1) is 0 Å². The smallest absolute Gasteiger partial charge is 0.0470 e. The lowest BCUT2D eigenvalue weighted by atomic mass is 10.6. The fraction of sp³-hybridized carbons (Fsp3) is 0.455. The van der Waals surface area contributed by atoms with Gasteiger partial charge in [0.2, 0.25) is 0 Å². The molecule has 0 saturated carbocycles. The van der Waals surface area contributed by atoms with E-state index < -0.39 is 0 Å². The molecule has 0 amide bonds. The highest BCUT2D eigenvalue weighted by atomic mass is 13.4. The largest absolute Gasteiger partial charge is 0.106 e. The van der Waals surface area contributed by atoms with E-state index in [1.165, 1.54) is 0 Å². The average Bonchev–Trinajstić information content (AvgIpc) is 2.12. The minimum absolute atomic E-state index is 1.75. The third-order valence-electron chi connectivity index (χ3n) is 0.333. The molecule has 0 heterocycles. The van der Waals surface area contributed by atoms with Crippen molar-refractivity contribution in [3.05, 3.63) is 38.0 Å². The van der Waals surface area contributed by atoms with Gasteiger partial charge in [-0.3, -0.25) is 0 Å². The van der Waals surface area contributed by atoms with E-state index in [4.69, 9.17) is 0 Å². The van der Waals surface area contributed by atoms with E-state index in [9.17, 15) is 0 Å². The van der Waals surface area contributed by atoms with Gasteiger partial charge in [0.1, 0.15) is 0 Å². The van der Waals surface area contributed by atoms with Gasteiger partial charge >= 0.3 is 0 Å². The Balaban J connectivity index is -0.0000000315. The van der Waals surface area contributed by atoms with Gasteiger partial charge in [-0.05, 0) is 20.8 Å². The number of hydrogen-bond acceptors (Lipinski definition) is 0. The summed E-state index contributed by atoms with van der Waals surface area (Å²) in [6, 6.07) is 0. The second kappa shape index (κ2) is 126. The Bertz CT molecular complexity index is 47.1. The summed E-state index contributed by atoms with van der Waals surface area (Å²) in [6.07, 6.45) is 5.75. The molecule has 0 bridgehead atoms. The molecule has 0 unspecified atom stereocenters. The van der Waals surface area contributed by atoms with Gasteiger partial charge in [-0.2, -0.15) is 0 Å². The van der Waals surface area contributed by atoms with Crippen molar-refractivity contribution in [2.75, 3.05) is 0 Å². The fourth-order valence-corrected chi connectivity index (χ4v) is 0. The van der Waals surface area contributed by atoms with E-state index in [-0.39, 0.29) is 0 Å². The summed E-state index contributed by atoms with van der Waals surface area (Å²) in [5.41, 5.74) is 0. The summed E-state index contributed by atoms with van der Waals surface area (Å²) in [5, 5.41) is 0. The van der Waals surface area contributed by atoms with Crippen molar-refractivity contribution < 1.29 is 0 Å². The van der Waals surface area contributed by atoms with Crippen LogP contribution in [0.3, 0.4) is 0 Å². The molecule has 0 aliphatic heterocycles. The third kappa shape index (κ3) is 9930. The van der Waals surface area contributed by atoms with Crippen LogP contribution in [0.4, 0.5) is 0 Å². The zero-order chi connectivity index (χ0) is 10.1. The first-order valence-corrected chi connectivity index (χ1v) is 3.97. The number of rotatable bonds is 0. The fourth-order valence-electron chi connectivity index (χ4n) is 0. The van der Waals surface area contributed by atoms with Gasteiger partial charge in [-0.25, -0.2) is 0 Å². The van der Waals surface area contributed by atoms with Gasteiger partial charge in [0.25, 0.3) is 0 Å². The normalized spacial score (nSPS) is 5.55. The summed E-state index contributed by atoms with van der Waals surface area (Å²) in [5.74, 6) is 0. The highest BCUT2D eigenvalue weighted by Crippen LogP contribution is 1.57. The summed E-state index contributed by atoms with van der Waals surface area (Å²) in [7, 11) is 0. The topological polar surface area (TPSA) is 0 Å². The van der Waals surface area contributed by atoms with Crippen LogP contribution < -0.4 is 0 Å². The van der Waals surface area contributed by atoms with Gasteiger partial charge in [-0.15, -0.1) is 19.7 Å². The van der Waals surface area contributed by atoms with Crippen molar-refractivity contribution in [2.24, 2.45) is 0 Å². The maximum absolute atomic E-state index is 3.36. The molecule has 0 radical (unpaired) electrons. The van der Waals surface area contributed by atoms with Crippen molar-refractivity contribution in [2.45, 2.75) is 34.6 Å². The van der Waals surface area contributed by atoms with Crippen LogP contribution in [-0.2, 0) is 0 Å². The van der Waals surface area contributed by atoms with Gasteiger partial charge < -0.3 is 0 Å². The molecule has 0 atom stereocenters. The first kappa shape index (κ1) is 22.5. The summed E-state index contributed by atoms with van der Waals surface area (Å²) in [6.45, 7) is 19.2. The van der Waals surface area contributed by atoms with Gasteiger partial charge in [0.05, 0.1) is 0 Å². The molecule has 0 nitrogen and oxygen atoms in total. The first-order valence-electron chi connectivity index (χ1n) is 3.97. The quantitative estimate of drug-likeness (QED) is 0.449. The lowest BCUT2D eigenvalue weighted by Gasteiger charge is -1.49. The Hall–Kier alpha value is -0.780. The van der Waals surface area contributed by atoms with Crippen LogP contribution in [0.2, 0.25) is 0 Å². The monoisotopic (exact) mass is 156 g/mol. The molecular formula is C11H24. The van der Waals surface area contributed by atoms with Crippen LogP contribution in [0.15, 0.2) is 38.0 Å². The molecule has 0 aromatic heterocycles. The lowest BCUT2D eigenvalue weighted by Crippen LogP contribution is -1.26. The van der Waals surface area contributed by atoms with Crippen LogP contribution in [0.5, 0.6) is 0 Å². The highest BCUT2D eigenvalue weighted by Gasteiger charge is 1.34. The number of hydrogen-bond donors (Lipinski definition) is 0. The highest BCUT2D eigenvalue weighted by molar-refractivity contribution is 4.68. The molecule has 0 saturated heterocycles. The van der Waals surface area contributed by atoms with Crippen LogP contribution in [-0.4, -0.2) is 0 Å². The van der Waals surface area contributed by atoms with Crippen LogP contribution in [0.25, 0.3) is 0 Å². The summed E-state index contributed by atoms with van der Waals surface area (Å²) >= 11 is 0. The van der Waals surface area contributed by atoms with Crippen molar-refractivity contribution >= 4 is 0 Å². The molecule has 0 heteroatoms. The minimum atomic E-state index is 1.75. The molecule has 0 N–H and O–H groups in total. The Morgan fingerprint density at radius 3 is 0.909 bits per heavy atom.